The number of hydrogen-bond acceptors (Lipinski definition) is 4. The second kappa shape index (κ2) is 5.62. The van der Waals surface area contributed by atoms with Crippen molar-refractivity contribution in [2.24, 2.45) is 5.41 Å². The van der Waals surface area contributed by atoms with E-state index in [0.29, 0.717) is 26.1 Å². The number of rotatable bonds is 3. The molecule has 2 atom stereocenters. The van der Waals surface area contributed by atoms with Crippen molar-refractivity contribution in [3.05, 3.63) is 0 Å². The predicted octanol–water partition coefficient (Wildman–Crippen LogP) is 0.243. The SMILES string of the molecule is CN(C)C[C@@]1(O)CCN(C(=O)[C@]2(C)CCCN(C)C2)C1. The highest BCUT2D eigenvalue weighted by Gasteiger charge is 2.45. The predicted molar refractivity (Wildman–Crippen MR) is 79.5 cm³/mol. The molecule has 0 unspecified atom stereocenters. The first-order valence-electron chi connectivity index (χ1n) is 7.59. The zero-order valence-electron chi connectivity index (χ0n) is 13.4. The number of likely N-dealkylation sites (N-methyl/N-ethyl adjacent to an activating group) is 1. The van der Waals surface area contributed by atoms with Gasteiger partial charge in [-0.25, -0.2) is 0 Å². The number of piperidine rings is 1. The van der Waals surface area contributed by atoms with Gasteiger partial charge in [0.2, 0.25) is 5.91 Å². The lowest BCUT2D eigenvalue weighted by Gasteiger charge is -2.40. The molecule has 5 nitrogen and oxygen atoms in total. The van der Waals surface area contributed by atoms with Gasteiger partial charge in [0.1, 0.15) is 0 Å². The fourth-order valence-corrected chi connectivity index (χ4v) is 3.80. The molecule has 0 spiro atoms. The van der Waals surface area contributed by atoms with Crippen LogP contribution in [-0.4, -0.2) is 85.2 Å². The number of nitrogens with zero attached hydrogens (tertiary/aromatic N) is 3. The van der Waals surface area contributed by atoms with E-state index < -0.39 is 5.60 Å². The number of amides is 1. The fourth-order valence-electron chi connectivity index (χ4n) is 3.80. The van der Waals surface area contributed by atoms with Crippen molar-refractivity contribution in [2.75, 3.05) is 53.9 Å². The average Bonchev–Trinajstić information content (AvgIpc) is 2.69. The Kier molecular flexibility index (Phi) is 4.42. The third-order valence-electron chi connectivity index (χ3n) is 4.63. The summed E-state index contributed by atoms with van der Waals surface area (Å²) >= 11 is 0. The molecule has 2 heterocycles. The highest BCUT2D eigenvalue weighted by Crippen LogP contribution is 2.33. The number of likely N-dealkylation sites (tertiary alicyclic amines) is 2. The second-order valence-corrected chi connectivity index (χ2v) is 7.34. The molecule has 0 saturated carbocycles. The molecule has 2 fully saturated rings. The molecule has 2 aliphatic rings. The van der Waals surface area contributed by atoms with Crippen LogP contribution in [0.15, 0.2) is 0 Å². The van der Waals surface area contributed by atoms with Crippen LogP contribution in [0.2, 0.25) is 0 Å². The molecule has 116 valence electrons. The Morgan fingerprint density at radius 2 is 1.95 bits per heavy atom. The zero-order chi connectivity index (χ0) is 15.0. The van der Waals surface area contributed by atoms with Crippen LogP contribution in [0, 0.1) is 5.41 Å². The third kappa shape index (κ3) is 3.32. The molecule has 0 aliphatic carbocycles. The van der Waals surface area contributed by atoms with Crippen LogP contribution < -0.4 is 0 Å². The standard InChI is InChI=1S/C15H29N3O2/c1-14(6-5-8-17(4)10-14)13(19)18-9-7-15(20,12-18)11-16(2)3/h20H,5-12H2,1-4H3/t14-,15+/m1/s1. The molecule has 0 aromatic heterocycles. The highest BCUT2D eigenvalue weighted by molar-refractivity contribution is 5.83. The normalized spacial score (nSPS) is 35.8. The highest BCUT2D eigenvalue weighted by atomic mass is 16.3. The van der Waals surface area contributed by atoms with Gasteiger partial charge in [0.05, 0.1) is 17.6 Å². The first kappa shape index (κ1) is 15.7. The van der Waals surface area contributed by atoms with Crippen molar-refractivity contribution in [3.63, 3.8) is 0 Å². The maximum Gasteiger partial charge on any atom is 0.229 e. The van der Waals surface area contributed by atoms with Gasteiger partial charge in [-0.2, -0.15) is 0 Å². The van der Waals surface area contributed by atoms with Crippen LogP contribution in [-0.2, 0) is 4.79 Å². The van der Waals surface area contributed by atoms with Crippen LogP contribution in [0.25, 0.3) is 0 Å². The smallest absolute Gasteiger partial charge is 0.229 e. The summed E-state index contributed by atoms with van der Waals surface area (Å²) in [7, 11) is 6.00. The summed E-state index contributed by atoms with van der Waals surface area (Å²) in [6.45, 7) is 5.76. The first-order valence-corrected chi connectivity index (χ1v) is 7.59. The number of carbonyl (C=O) groups is 1. The minimum atomic E-state index is -0.740. The molecule has 5 heteroatoms. The Morgan fingerprint density at radius 3 is 2.55 bits per heavy atom. The van der Waals surface area contributed by atoms with Crippen molar-refractivity contribution < 1.29 is 9.90 Å². The van der Waals surface area contributed by atoms with E-state index in [1.807, 2.05) is 23.9 Å². The summed E-state index contributed by atoms with van der Waals surface area (Å²) < 4.78 is 0. The minimum Gasteiger partial charge on any atom is -0.387 e. The number of aliphatic hydroxyl groups is 1. The molecule has 1 N–H and O–H groups in total. The molecular weight excluding hydrogens is 254 g/mol. The Balaban J connectivity index is 2.00. The molecule has 0 bridgehead atoms. The summed E-state index contributed by atoms with van der Waals surface area (Å²) in [5.74, 6) is 0.221. The molecule has 0 aromatic rings. The monoisotopic (exact) mass is 283 g/mol. The van der Waals surface area contributed by atoms with Crippen molar-refractivity contribution >= 4 is 5.91 Å². The molecule has 2 saturated heterocycles. The quantitative estimate of drug-likeness (QED) is 0.806. The minimum absolute atomic E-state index is 0.221. The van der Waals surface area contributed by atoms with Crippen molar-refractivity contribution in [1.82, 2.24) is 14.7 Å². The van der Waals surface area contributed by atoms with Gasteiger partial charge in [0, 0.05) is 19.6 Å². The van der Waals surface area contributed by atoms with E-state index in [1.165, 1.54) is 0 Å². The first-order chi connectivity index (χ1) is 9.24. The van der Waals surface area contributed by atoms with Crippen LogP contribution in [0.1, 0.15) is 26.2 Å². The van der Waals surface area contributed by atoms with E-state index in [4.69, 9.17) is 0 Å². The molecule has 2 aliphatic heterocycles. The van der Waals surface area contributed by atoms with E-state index >= 15 is 0 Å². The van der Waals surface area contributed by atoms with Gasteiger partial charge < -0.3 is 19.8 Å². The summed E-state index contributed by atoms with van der Waals surface area (Å²) in [4.78, 5) is 18.9. The molecular formula is C15H29N3O2. The van der Waals surface area contributed by atoms with Crippen molar-refractivity contribution in [1.29, 1.82) is 0 Å². The zero-order valence-corrected chi connectivity index (χ0v) is 13.4. The maximum atomic E-state index is 12.8. The summed E-state index contributed by atoms with van der Waals surface area (Å²) in [5.41, 5.74) is -1.02. The van der Waals surface area contributed by atoms with Crippen LogP contribution in [0.3, 0.4) is 0 Å². The van der Waals surface area contributed by atoms with Gasteiger partial charge in [-0.15, -0.1) is 0 Å². The van der Waals surface area contributed by atoms with E-state index in [9.17, 15) is 9.90 Å². The summed E-state index contributed by atoms with van der Waals surface area (Å²) in [6, 6.07) is 0. The molecule has 0 aromatic carbocycles. The average molecular weight is 283 g/mol. The van der Waals surface area contributed by atoms with Gasteiger partial charge in [-0.1, -0.05) is 0 Å². The van der Waals surface area contributed by atoms with E-state index in [0.717, 1.165) is 25.9 Å². The van der Waals surface area contributed by atoms with E-state index in [2.05, 4.69) is 18.9 Å². The number of hydrogen-bond donors (Lipinski definition) is 1. The second-order valence-electron chi connectivity index (χ2n) is 7.34. The Bertz CT molecular complexity index is 374. The number of carbonyl (C=O) groups excluding carboxylic acids is 1. The van der Waals surface area contributed by atoms with Crippen molar-refractivity contribution in [3.8, 4) is 0 Å². The summed E-state index contributed by atoms with van der Waals surface area (Å²) in [6.07, 6.45) is 2.72. The third-order valence-corrected chi connectivity index (χ3v) is 4.63. The lowest BCUT2D eigenvalue weighted by Crippen LogP contribution is -2.51. The lowest BCUT2D eigenvalue weighted by atomic mass is 9.80. The molecule has 0 radical (unpaired) electrons. The Labute approximate surface area is 122 Å². The number of β-amino-alcohol motifs (C(OH)–C–C–N with tert-alkyl or cyclic N) is 1. The van der Waals surface area contributed by atoms with Gasteiger partial charge in [0.15, 0.2) is 0 Å². The Morgan fingerprint density at radius 1 is 1.25 bits per heavy atom. The fraction of sp³-hybridized carbons (Fsp3) is 0.933. The van der Waals surface area contributed by atoms with Gasteiger partial charge >= 0.3 is 0 Å². The van der Waals surface area contributed by atoms with Crippen LogP contribution in [0.5, 0.6) is 0 Å². The van der Waals surface area contributed by atoms with E-state index in [-0.39, 0.29) is 11.3 Å². The van der Waals surface area contributed by atoms with Gasteiger partial charge in [-0.3, -0.25) is 4.79 Å². The molecule has 2 rings (SSSR count). The largest absolute Gasteiger partial charge is 0.387 e. The molecule has 20 heavy (non-hydrogen) atoms. The van der Waals surface area contributed by atoms with Crippen molar-refractivity contribution in [2.45, 2.75) is 31.8 Å². The maximum absolute atomic E-state index is 12.8. The Hall–Kier alpha value is -0.650. The topological polar surface area (TPSA) is 47.0 Å². The van der Waals surface area contributed by atoms with Crippen LogP contribution >= 0.6 is 0 Å². The van der Waals surface area contributed by atoms with Gasteiger partial charge in [-0.05, 0) is 53.9 Å². The molecule has 1 amide bonds. The summed E-state index contributed by atoms with van der Waals surface area (Å²) in [5, 5.41) is 10.6. The van der Waals surface area contributed by atoms with E-state index in [1.54, 1.807) is 0 Å². The van der Waals surface area contributed by atoms with Crippen LogP contribution in [0.4, 0.5) is 0 Å². The van der Waals surface area contributed by atoms with Gasteiger partial charge in [0.25, 0.3) is 0 Å². The lowest BCUT2D eigenvalue weighted by molar-refractivity contribution is -0.144.